The molecule has 7 nitrogen and oxygen atoms in total. The molecule has 29 heavy (non-hydrogen) atoms. The molecule has 8 heteroatoms. The van der Waals surface area contributed by atoms with E-state index in [1.54, 1.807) is 30.3 Å². The zero-order valence-corrected chi connectivity index (χ0v) is 18.0. The molecule has 0 saturated heterocycles. The number of thiophene rings is 1. The molecule has 0 aliphatic heterocycles. The molecule has 1 atom stereocenters. The van der Waals surface area contributed by atoms with Crippen LogP contribution in [-0.4, -0.2) is 61.0 Å². The standard InChI is InChI=1S/C21H27N5O2S/c1-24(2)18(19-6-5-11-29-19)13-22-21(28)23-16-7-8-17-15(12-16)9-10-26(17)14-20(27)25(3)4/h5-12,18H,13-14H2,1-4H3,(H2,22,23,28). The van der Waals surface area contributed by atoms with Crippen molar-refractivity contribution in [1.29, 1.82) is 0 Å². The van der Waals surface area contributed by atoms with E-state index in [4.69, 9.17) is 0 Å². The zero-order valence-electron chi connectivity index (χ0n) is 17.2. The summed E-state index contributed by atoms with van der Waals surface area (Å²) in [5.41, 5.74) is 1.67. The van der Waals surface area contributed by atoms with Crippen LogP contribution < -0.4 is 10.6 Å². The molecule has 0 spiro atoms. The van der Waals surface area contributed by atoms with Crippen molar-refractivity contribution in [3.63, 3.8) is 0 Å². The number of amides is 3. The third-order valence-electron chi connectivity index (χ3n) is 4.78. The highest BCUT2D eigenvalue weighted by atomic mass is 32.1. The van der Waals surface area contributed by atoms with Gasteiger partial charge in [0.15, 0.2) is 0 Å². The first-order valence-corrected chi connectivity index (χ1v) is 10.3. The third kappa shape index (κ3) is 5.16. The molecule has 1 aromatic carbocycles. The summed E-state index contributed by atoms with van der Waals surface area (Å²) in [5.74, 6) is 0.0327. The molecule has 1 unspecified atom stereocenters. The number of carbonyl (C=O) groups excluding carboxylic acids is 2. The Morgan fingerprint density at radius 2 is 1.93 bits per heavy atom. The summed E-state index contributed by atoms with van der Waals surface area (Å²) in [6, 6.07) is 11.6. The second kappa shape index (κ2) is 9.11. The van der Waals surface area contributed by atoms with E-state index in [-0.39, 0.29) is 18.0 Å². The van der Waals surface area contributed by atoms with Crippen molar-refractivity contribution < 1.29 is 9.59 Å². The normalized spacial score (nSPS) is 12.2. The first kappa shape index (κ1) is 20.9. The fourth-order valence-corrected chi connectivity index (χ4v) is 4.01. The molecule has 3 aromatic rings. The minimum absolute atomic E-state index is 0.0327. The smallest absolute Gasteiger partial charge is 0.319 e. The number of likely N-dealkylation sites (N-methyl/N-ethyl adjacent to an activating group) is 2. The average Bonchev–Trinajstić information content (AvgIpc) is 3.32. The molecule has 3 rings (SSSR count). The fourth-order valence-electron chi connectivity index (χ4n) is 3.09. The van der Waals surface area contributed by atoms with Gasteiger partial charge in [0.1, 0.15) is 6.54 Å². The lowest BCUT2D eigenvalue weighted by Crippen LogP contribution is -2.36. The number of hydrogen-bond acceptors (Lipinski definition) is 4. The second-order valence-electron chi connectivity index (χ2n) is 7.34. The minimum atomic E-state index is -0.241. The van der Waals surface area contributed by atoms with Gasteiger partial charge in [-0.1, -0.05) is 6.07 Å². The van der Waals surface area contributed by atoms with Crippen molar-refractivity contribution in [2.24, 2.45) is 0 Å². The van der Waals surface area contributed by atoms with Crippen LogP contribution in [0.1, 0.15) is 10.9 Å². The summed E-state index contributed by atoms with van der Waals surface area (Å²) in [7, 11) is 7.50. The van der Waals surface area contributed by atoms with E-state index >= 15 is 0 Å². The highest BCUT2D eigenvalue weighted by molar-refractivity contribution is 7.10. The number of fused-ring (bicyclic) bond motifs is 1. The monoisotopic (exact) mass is 413 g/mol. The van der Waals surface area contributed by atoms with Crippen molar-refractivity contribution in [2.75, 3.05) is 40.1 Å². The van der Waals surface area contributed by atoms with Gasteiger partial charge in [-0.15, -0.1) is 11.3 Å². The summed E-state index contributed by atoms with van der Waals surface area (Å²) < 4.78 is 1.91. The average molecular weight is 414 g/mol. The predicted octanol–water partition coefficient (Wildman–Crippen LogP) is 3.22. The highest BCUT2D eigenvalue weighted by Gasteiger charge is 2.16. The maximum absolute atomic E-state index is 12.4. The Balaban J connectivity index is 1.62. The number of urea groups is 1. The van der Waals surface area contributed by atoms with Gasteiger partial charge in [0, 0.05) is 48.3 Å². The van der Waals surface area contributed by atoms with Crippen LogP contribution in [0.25, 0.3) is 10.9 Å². The quantitative estimate of drug-likeness (QED) is 0.625. The largest absolute Gasteiger partial charge is 0.347 e. The topological polar surface area (TPSA) is 69.6 Å². The molecule has 0 fully saturated rings. The van der Waals surface area contributed by atoms with Crippen LogP contribution >= 0.6 is 11.3 Å². The van der Waals surface area contributed by atoms with Crippen molar-refractivity contribution in [2.45, 2.75) is 12.6 Å². The van der Waals surface area contributed by atoms with Gasteiger partial charge in [-0.25, -0.2) is 4.79 Å². The number of anilines is 1. The third-order valence-corrected chi connectivity index (χ3v) is 5.76. The zero-order chi connectivity index (χ0) is 21.0. The maximum atomic E-state index is 12.4. The number of nitrogens with one attached hydrogen (secondary N) is 2. The van der Waals surface area contributed by atoms with Gasteiger partial charge in [0.25, 0.3) is 0 Å². The number of hydrogen-bond donors (Lipinski definition) is 2. The molecular formula is C21H27N5O2S. The number of nitrogens with zero attached hydrogens (tertiary/aromatic N) is 3. The van der Waals surface area contributed by atoms with E-state index in [0.29, 0.717) is 18.8 Å². The molecule has 0 aliphatic carbocycles. The lowest BCUT2D eigenvalue weighted by Gasteiger charge is -2.23. The van der Waals surface area contributed by atoms with E-state index in [1.165, 1.54) is 4.88 Å². The van der Waals surface area contributed by atoms with Crippen LogP contribution in [0.2, 0.25) is 0 Å². The summed E-state index contributed by atoms with van der Waals surface area (Å²) in [4.78, 5) is 29.2. The molecule has 3 amide bonds. The Bertz CT molecular complexity index is 978. The highest BCUT2D eigenvalue weighted by Crippen LogP contribution is 2.23. The Morgan fingerprint density at radius 1 is 1.14 bits per heavy atom. The van der Waals surface area contributed by atoms with Crippen molar-refractivity contribution in [3.8, 4) is 0 Å². The number of aromatic nitrogens is 1. The van der Waals surface area contributed by atoms with E-state index in [2.05, 4.69) is 21.6 Å². The van der Waals surface area contributed by atoms with Crippen LogP contribution in [0.5, 0.6) is 0 Å². The lowest BCUT2D eigenvalue weighted by atomic mass is 10.2. The summed E-state index contributed by atoms with van der Waals surface area (Å²) >= 11 is 1.68. The van der Waals surface area contributed by atoms with Crippen LogP contribution in [0.15, 0.2) is 48.0 Å². The van der Waals surface area contributed by atoms with E-state index in [0.717, 1.165) is 10.9 Å². The van der Waals surface area contributed by atoms with Crippen molar-refractivity contribution >= 4 is 39.9 Å². The van der Waals surface area contributed by atoms with Gasteiger partial charge in [-0.05, 0) is 49.8 Å². The molecular weight excluding hydrogens is 386 g/mol. The Labute approximate surface area is 174 Å². The molecule has 0 saturated carbocycles. The van der Waals surface area contributed by atoms with E-state index in [1.807, 2.05) is 60.6 Å². The first-order chi connectivity index (χ1) is 13.8. The Hall–Kier alpha value is -2.84. The van der Waals surface area contributed by atoms with Gasteiger partial charge in [0.05, 0.1) is 6.04 Å². The molecule has 0 bridgehead atoms. The van der Waals surface area contributed by atoms with Crippen LogP contribution in [-0.2, 0) is 11.3 Å². The van der Waals surface area contributed by atoms with Gasteiger partial charge in [-0.3, -0.25) is 4.79 Å². The van der Waals surface area contributed by atoms with Gasteiger partial charge in [-0.2, -0.15) is 0 Å². The van der Waals surface area contributed by atoms with Crippen molar-refractivity contribution in [1.82, 2.24) is 19.7 Å². The van der Waals surface area contributed by atoms with Crippen molar-refractivity contribution in [3.05, 3.63) is 52.9 Å². The Morgan fingerprint density at radius 3 is 2.59 bits per heavy atom. The molecule has 2 aromatic heterocycles. The summed E-state index contributed by atoms with van der Waals surface area (Å²) in [6.07, 6.45) is 1.89. The maximum Gasteiger partial charge on any atom is 0.319 e. The fraction of sp³-hybridized carbons (Fsp3) is 0.333. The van der Waals surface area contributed by atoms with Gasteiger partial charge < -0.3 is 25.0 Å². The number of benzene rings is 1. The lowest BCUT2D eigenvalue weighted by molar-refractivity contribution is -0.129. The SMILES string of the molecule is CN(C)C(=O)Cn1ccc2cc(NC(=O)NCC(c3cccs3)N(C)C)ccc21. The molecule has 0 radical (unpaired) electrons. The summed E-state index contributed by atoms with van der Waals surface area (Å²) in [5, 5.41) is 8.86. The van der Waals surface area contributed by atoms with Crippen LogP contribution in [0.4, 0.5) is 10.5 Å². The molecule has 154 valence electrons. The first-order valence-electron chi connectivity index (χ1n) is 9.39. The summed E-state index contributed by atoms with van der Waals surface area (Å²) in [6.45, 7) is 0.809. The minimum Gasteiger partial charge on any atom is -0.347 e. The van der Waals surface area contributed by atoms with E-state index in [9.17, 15) is 9.59 Å². The van der Waals surface area contributed by atoms with Gasteiger partial charge in [0.2, 0.25) is 5.91 Å². The van der Waals surface area contributed by atoms with E-state index < -0.39 is 0 Å². The van der Waals surface area contributed by atoms with Crippen LogP contribution in [0.3, 0.4) is 0 Å². The number of rotatable bonds is 7. The molecule has 2 N–H and O–H groups in total. The van der Waals surface area contributed by atoms with Crippen LogP contribution in [0, 0.1) is 0 Å². The second-order valence-corrected chi connectivity index (χ2v) is 8.31. The Kier molecular flexibility index (Phi) is 6.56. The van der Waals surface area contributed by atoms with Gasteiger partial charge >= 0.3 is 6.03 Å². The molecule has 0 aliphatic rings. The number of carbonyl (C=O) groups is 2. The predicted molar refractivity (Wildman–Crippen MR) is 118 cm³/mol. The molecule has 2 heterocycles.